The number of methoxy groups -OCH3 is 1. The highest BCUT2D eigenvalue weighted by molar-refractivity contribution is 6.31. The summed E-state index contributed by atoms with van der Waals surface area (Å²) in [5.74, 6) is 0.723. The highest BCUT2D eigenvalue weighted by Crippen LogP contribution is 2.20. The molecule has 4 N–H and O–H groups in total. The molecule has 30 heavy (non-hydrogen) atoms. The van der Waals surface area contributed by atoms with Gasteiger partial charge in [-0.05, 0) is 48.7 Å². The van der Waals surface area contributed by atoms with Crippen molar-refractivity contribution in [3.8, 4) is 5.75 Å². The largest absolute Gasteiger partial charge is 0.497 e. The van der Waals surface area contributed by atoms with Crippen molar-refractivity contribution in [3.63, 3.8) is 0 Å². The molecule has 0 heterocycles. The summed E-state index contributed by atoms with van der Waals surface area (Å²) in [6.07, 6.45) is 3.64. The molecule has 0 spiro atoms. The maximum atomic E-state index is 12.4. The third kappa shape index (κ3) is 6.29. The Bertz CT molecular complexity index is 860. The van der Waals surface area contributed by atoms with Crippen LogP contribution in [0.2, 0.25) is 5.02 Å². The minimum absolute atomic E-state index is 0.133. The average molecular weight is 431 g/mol. The number of urea groups is 2. The van der Waals surface area contributed by atoms with Gasteiger partial charge in [0.25, 0.3) is 0 Å². The maximum absolute atomic E-state index is 12.4. The van der Waals surface area contributed by atoms with Gasteiger partial charge in [0, 0.05) is 17.3 Å². The summed E-state index contributed by atoms with van der Waals surface area (Å²) >= 11 is 6.13. The van der Waals surface area contributed by atoms with Crippen LogP contribution in [0.4, 0.5) is 15.3 Å². The Balaban J connectivity index is 1.50. The first-order valence-corrected chi connectivity index (χ1v) is 10.4. The van der Waals surface area contributed by atoms with E-state index in [0.717, 1.165) is 37.0 Å². The van der Waals surface area contributed by atoms with Crippen molar-refractivity contribution in [3.05, 3.63) is 59.1 Å². The lowest BCUT2D eigenvalue weighted by Crippen LogP contribution is -2.55. The Labute approximate surface area is 181 Å². The molecule has 0 bridgehead atoms. The Kier molecular flexibility index (Phi) is 7.79. The van der Waals surface area contributed by atoms with Crippen molar-refractivity contribution in [2.24, 2.45) is 0 Å². The average Bonchev–Trinajstić information content (AvgIpc) is 2.75. The van der Waals surface area contributed by atoms with Crippen molar-refractivity contribution in [1.29, 1.82) is 0 Å². The van der Waals surface area contributed by atoms with Crippen LogP contribution in [0.15, 0.2) is 48.5 Å². The molecule has 0 aromatic heterocycles. The van der Waals surface area contributed by atoms with Gasteiger partial charge in [-0.3, -0.25) is 0 Å². The number of carbonyl (C=O) groups excluding carboxylic acids is 2. The Morgan fingerprint density at radius 1 is 0.967 bits per heavy atom. The van der Waals surface area contributed by atoms with E-state index in [0.29, 0.717) is 17.3 Å². The molecular formula is C22H27ClN4O3. The van der Waals surface area contributed by atoms with Crippen LogP contribution in [0.1, 0.15) is 31.2 Å². The number of benzene rings is 2. The lowest BCUT2D eigenvalue weighted by atomic mass is 9.90. The van der Waals surface area contributed by atoms with Gasteiger partial charge in [-0.2, -0.15) is 0 Å². The molecule has 1 aliphatic rings. The highest BCUT2D eigenvalue weighted by atomic mass is 35.5. The van der Waals surface area contributed by atoms with E-state index in [2.05, 4.69) is 21.3 Å². The molecule has 3 rings (SSSR count). The summed E-state index contributed by atoms with van der Waals surface area (Å²) < 4.78 is 5.12. The summed E-state index contributed by atoms with van der Waals surface area (Å²) in [5, 5.41) is 12.3. The van der Waals surface area contributed by atoms with Crippen molar-refractivity contribution in [1.82, 2.24) is 16.0 Å². The Hall–Kier alpha value is -2.93. The van der Waals surface area contributed by atoms with Gasteiger partial charge in [0.2, 0.25) is 0 Å². The number of halogens is 1. The van der Waals surface area contributed by atoms with Crippen LogP contribution in [0, 0.1) is 0 Å². The lowest BCUT2D eigenvalue weighted by Gasteiger charge is -2.32. The van der Waals surface area contributed by atoms with Crippen molar-refractivity contribution < 1.29 is 14.3 Å². The molecule has 4 amide bonds. The highest BCUT2D eigenvalue weighted by Gasteiger charge is 2.27. The SMILES string of the molecule is COc1ccc(NC(=O)NC2CCCCC2NC(=O)NCc2ccccc2Cl)cc1. The number of carbonyl (C=O) groups is 2. The fraction of sp³-hybridized carbons (Fsp3) is 0.364. The minimum atomic E-state index is -0.296. The summed E-state index contributed by atoms with van der Waals surface area (Å²) in [5.41, 5.74) is 1.53. The minimum Gasteiger partial charge on any atom is -0.497 e. The lowest BCUT2D eigenvalue weighted by molar-refractivity contribution is 0.218. The molecule has 160 valence electrons. The number of amides is 4. The second-order valence-corrected chi connectivity index (χ2v) is 7.65. The molecule has 7 nitrogen and oxygen atoms in total. The zero-order valence-electron chi connectivity index (χ0n) is 16.9. The number of nitrogens with one attached hydrogen (secondary N) is 4. The molecule has 2 aromatic carbocycles. The van der Waals surface area contributed by atoms with Crippen LogP contribution in [-0.4, -0.2) is 31.3 Å². The molecule has 2 atom stereocenters. The zero-order chi connectivity index (χ0) is 21.3. The van der Waals surface area contributed by atoms with Gasteiger partial charge < -0.3 is 26.0 Å². The van der Waals surface area contributed by atoms with Crippen molar-refractivity contribution >= 4 is 29.4 Å². The number of ether oxygens (including phenoxy) is 1. The van der Waals surface area contributed by atoms with E-state index < -0.39 is 0 Å². The predicted octanol–water partition coefficient (Wildman–Crippen LogP) is 4.28. The van der Waals surface area contributed by atoms with E-state index in [1.807, 2.05) is 18.2 Å². The second-order valence-electron chi connectivity index (χ2n) is 7.24. The van der Waals surface area contributed by atoms with Gasteiger partial charge in [-0.15, -0.1) is 0 Å². The molecule has 1 fully saturated rings. The molecule has 2 aromatic rings. The first kappa shape index (κ1) is 21.8. The fourth-order valence-electron chi connectivity index (χ4n) is 3.52. The molecule has 0 radical (unpaired) electrons. The van der Waals surface area contributed by atoms with Crippen LogP contribution in [0.5, 0.6) is 5.75 Å². The molecular weight excluding hydrogens is 404 g/mol. The third-order valence-electron chi connectivity index (χ3n) is 5.14. The van der Waals surface area contributed by atoms with Crippen LogP contribution >= 0.6 is 11.6 Å². The molecule has 8 heteroatoms. The summed E-state index contributed by atoms with van der Waals surface area (Å²) in [6, 6.07) is 13.7. The van der Waals surface area contributed by atoms with E-state index in [4.69, 9.17) is 16.3 Å². The first-order valence-electron chi connectivity index (χ1n) is 10.0. The smallest absolute Gasteiger partial charge is 0.319 e. The monoisotopic (exact) mass is 430 g/mol. The van der Waals surface area contributed by atoms with Crippen LogP contribution in [0.25, 0.3) is 0 Å². The molecule has 2 unspecified atom stereocenters. The zero-order valence-corrected chi connectivity index (χ0v) is 17.7. The normalized spacial score (nSPS) is 18.2. The molecule has 0 saturated heterocycles. The Morgan fingerprint density at radius 2 is 1.60 bits per heavy atom. The molecule has 0 aliphatic heterocycles. The van der Waals surface area contributed by atoms with E-state index >= 15 is 0 Å². The predicted molar refractivity (Wildman–Crippen MR) is 118 cm³/mol. The number of anilines is 1. The van der Waals surface area contributed by atoms with Crippen molar-refractivity contribution in [2.45, 2.75) is 44.3 Å². The van der Waals surface area contributed by atoms with Gasteiger partial charge in [-0.1, -0.05) is 42.6 Å². The van der Waals surface area contributed by atoms with E-state index in [1.165, 1.54) is 0 Å². The van der Waals surface area contributed by atoms with Crippen LogP contribution in [-0.2, 0) is 6.54 Å². The summed E-state index contributed by atoms with van der Waals surface area (Å²) in [4.78, 5) is 24.8. The van der Waals surface area contributed by atoms with Gasteiger partial charge >= 0.3 is 12.1 Å². The molecule has 1 saturated carbocycles. The number of rotatable bonds is 6. The van der Waals surface area contributed by atoms with Crippen molar-refractivity contribution in [2.75, 3.05) is 12.4 Å². The van der Waals surface area contributed by atoms with Gasteiger partial charge in [-0.25, -0.2) is 9.59 Å². The number of hydrogen-bond donors (Lipinski definition) is 4. The Morgan fingerprint density at radius 3 is 2.23 bits per heavy atom. The second kappa shape index (κ2) is 10.7. The fourth-order valence-corrected chi connectivity index (χ4v) is 3.73. The molecule has 1 aliphatic carbocycles. The quantitative estimate of drug-likeness (QED) is 0.551. The van der Waals surface area contributed by atoms with E-state index in [-0.39, 0.29) is 24.1 Å². The third-order valence-corrected chi connectivity index (χ3v) is 5.51. The van der Waals surface area contributed by atoms with Crippen LogP contribution in [0.3, 0.4) is 0 Å². The van der Waals surface area contributed by atoms with Gasteiger partial charge in [0.05, 0.1) is 19.2 Å². The summed E-state index contributed by atoms with van der Waals surface area (Å²) in [7, 11) is 1.59. The van der Waals surface area contributed by atoms with Gasteiger partial charge in [0.15, 0.2) is 0 Å². The number of hydrogen-bond acceptors (Lipinski definition) is 3. The van der Waals surface area contributed by atoms with E-state index in [9.17, 15) is 9.59 Å². The van der Waals surface area contributed by atoms with Crippen LogP contribution < -0.4 is 26.0 Å². The standard InChI is InChI=1S/C22H27ClN4O3/c1-30-17-12-10-16(11-13-17)25-22(29)27-20-9-5-4-8-19(20)26-21(28)24-14-15-6-2-3-7-18(15)23/h2-3,6-7,10-13,19-20H,4-5,8-9,14H2,1H3,(H2,24,26,28)(H2,25,27,29). The van der Waals surface area contributed by atoms with Gasteiger partial charge in [0.1, 0.15) is 5.75 Å². The maximum Gasteiger partial charge on any atom is 0.319 e. The first-order chi connectivity index (χ1) is 14.5. The van der Waals surface area contributed by atoms with E-state index in [1.54, 1.807) is 37.4 Å². The summed E-state index contributed by atoms with van der Waals surface area (Å²) in [6.45, 7) is 0.342. The topological polar surface area (TPSA) is 91.5 Å².